The first kappa shape index (κ1) is 12.3. The molecule has 0 amide bonds. The molecule has 1 aromatic heterocycles. The summed E-state index contributed by atoms with van der Waals surface area (Å²) >= 11 is 5.84. The summed E-state index contributed by atoms with van der Waals surface area (Å²) in [7, 11) is 1.93. The fraction of sp³-hybridized carbons (Fsp3) is 0.800. The lowest BCUT2D eigenvalue weighted by atomic mass is 9.96. The van der Waals surface area contributed by atoms with Crippen molar-refractivity contribution in [1.82, 2.24) is 10.2 Å². The van der Waals surface area contributed by atoms with Gasteiger partial charge in [-0.1, -0.05) is 25.9 Å². The number of rotatable bonds is 3. The number of alkyl halides is 1. The minimum Gasteiger partial charge on any atom is -0.406 e. The summed E-state index contributed by atoms with van der Waals surface area (Å²) in [4.78, 5) is 1.94. The molecule has 0 aromatic carbocycles. The van der Waals surface area contributed by atoms with E-state index in [2.05, 4.69) is 31.0 Å². The number of hydrogen-bond donors (Lipinski definition) is 0. The van der Waals surface area contributed by atoms with E-state index in [1.54, 1.807) is 0 Å². The van der Waals surface area contributed by atoms with Crippen LogP contribution in [-0.2, 0) is 0 Å². The van der Waals surface area contributed by atoms with Gasteiger partial charge in [-0.05, 0) is 12.3 Å². The summed E-state index contributed by atoms with van der Waals surface area (Å²) in [5, 5.41) is 7.58. The van der Waals surface area contributed by atoms with E-state index in [1.807, 2.05) is 18.9 Å². The molecular weight excluding hydrogens is 214 g/mol. The molecule has 5 heteroatoms. The quantitative estimate of drug-likeness (QED) is 0.751. The number of anilines is 1. The smallest absolute Gasteiger partial charge is 0.317 e. The molecule has 1 aromatic rings. The lowest BCUT2D eigenvalue weighted by Crippen LogP contribution is -2.29. The molecule has 0 saturated heterocycles. The average Bonchev–Trinajstić information content (AvgIpc) is 2.47. The van der Waals surface area contributed by atoms with Gasteiger partial charge in [0, 0.05) is 13.6 Å². The van der Waals surface area contributed by atoms with Crippen molar-refractivity contribution in [3.05, 3.63) is 5.89 Å². The SMILES string of the molecule is CC(Cl)c1nnc(N(C)CC(C)(C)C)o1. The van der Waals surface area contributed by atoms with E-state index in [0.717, 1.165) is 6.54 Å². The van der Waals surface area contributed by atoms with Crippen molar-refractivity contribution in [2.75, 3.05) is 18.5 Å². The van der Waals surface area contributed by atoms with Gasteiger partial charge in [-0.3, -0.25) is 0 Å². The van der Waals surface area contributed by atoms with Gasteiger partial charge < -0.3 is 9.32 Å². The summed E-state index contributed by atoms with van der Waals surface area (Å²) in [5.41, 5.74) is 0.190. The van der Waals surface area contributed by atoms with Gasteiger partial charge in [0.15, 0.2) is 0 Å². The topological polar surface area (TPSA) is 42.2 Å². The monoisotopic (exact) mass is 231 g/mol. The van der Waals surface area contributed by atoms with E-state index in [1.165, 1.54) is 0 Å². The Hall–Kier alpha value is -0.770. The molecule has 0 fully saturated rings. The third-order valence-corrected chi connectivity index (χ3v) is 1.99. The molecule has 0 N–H and O–H groups in total. The van der Waals surface area contributed by atoms with Gasteiger partial charge in [0.05, 0.1) is 0 Å². The molecule has 1 rings (SSSR count). The summed E-state index contributed by atoms with van der Waals surface area (Å²) < 4.78 is 5.42. The number of halogens is 1. The number of nitrogens with zero attached hydrogens (tertiary/aromatic N) is 3. The van der Waals surface area contributed by atoms with Crippen LogP contribution in [0.1, 0.15) is 39.0 Å². The van der Waals surface area contributed by atoms with E-state index in [-0.39, 0.29) is 10.8 Å². The highest BCUT2D eigenvalue weighted by molar-refractivity contribution is 6.20. The number of hydrogen-bond acceptors (Lipinski definition) is 4. The molecule has 1 unspecified atom stereocenters. The highest BCUT2D eigenvalue weighted by Gasteiger charge is 2.19. The van der Waals surface area contributed by atoms with Crippen LogP contribution in [0.5, 0.6) is 0 Å². The van der Waals surface area contributed by atoms with Crippen LogP contribution in [0.4, 0.5) is 6.01 Å². The lowest BCUT2D eigenvalue weighted by Gasteiger charge is -2.24. The third kappa shape index (κ3) is 3.70. The maximum Gasteiger partial charge on any atom is 0.317 e. The predicted octanol–water partition coefficient (Wildman–Crippen LogP) is 2.85. The van der Waals surface area contributed by atoms with Crippen LogP contribution in [0.25, 0.3) is 0 Å². The average molecular weight is 232 g/mol. The standard InChI is InChI=1S/C10H18ClN3O/c1-7(11)8-12-13-9(15-8)14(5)6-10(2,3)4/h7H,6H2,1-5H3. The molecule has 0 radical (unpaired) electrons. The zero-order valence-corrected chi connectivity index (χ0v) is 10.7. The largest absolute Gasteiger partial charge is 0.406 e. The molecule has 0 bridgehead atoms. The van der Waals surface area contributed by atoms with E-state index in [0.29, 0.717) is 11.9 Å². The molecule has 0 aliphatic carbocycles. The first-order valence-electron chi connectivity index (χ1n) is 4.98. The van der Waals surface area contributed by atoms with Gasteiger partial charge >= 0.3 is 6.01 Å². The van der Waals surface area contributed by atoms with Crippen LogP contribution in [0.15, 0.2) is 4.42 Å². The van der Waals surface area contributed by atoms with Crippen LogP contribution in [0, 0.1) is 5.41 Å². The molecular formula is C10H18ClN3O. The van der Waals surface area contributed by atoms with Crippen LogP contribution in [0.3, 0.4) is 0 Å². The fourth-order valence-corrected chi connectivity index (χ4v) is 1.41. The van der Waals surface area contributed by atoms with Gasteiger partial charge in [-0.25, -0.2) is 0 Å². The normalized spacial score (nSPS) is 14.0. The van der Waals surface area contributed by atoms with Gasteiger partial charge in [0.25, 0.3) is 0 Å². The van der Waals surface area contributed by atoms with Crippen LogP contribution < -0.4 is 4.90 Å². The minimum absolute atomic E-state index is 0.190. The summed E-state index contributed by atoms with van der Waals surface area (Å²) in [5.74, 6) is 0.465. The van der Waals surface area contributed by atoms with Gasteiger partial charge in [0.1, 0.15) is 5.38 Å². The van der Waals surface area contributed by atoms with E-state index >= 15 is 0 Å². The van der Waals surface area contributed by atoms with Gasteiger partial charge in [-0.15, -0.1) is 16.7 Å². The first-order chi connectivity index (χ1) is 6.79. The van der Waals surface area contributed by atoms with E-state index in [9.17, 15) is 0 Å². The van der Waals surface area contributed by atoms with E-state index < -0.39 is 0 Å². The molecule has 86 valence electrons. The second-order valence-electron chi connectivity index (χ2n) is 4.96. The van der Waals surface area contributed by atoms with Crippen molar-refractivity contribution in [2.24, 2.45) is 5.41 Å². The highest BCUT2D eigenvalue weighted by Crippen LogP contribution is 2.23. The molecule has 15 heavy (non-hydrogen) atoms. The van der Waals surface area contributed by atoms with Crippen molar-refractivity contribution in [1.29, 1.82) is 0 Å². The molecule has 1 heterocycles. The second kappa shape index (κ2) is 4.39. The summed E-state index contributed by atoms with van der Waals surface area (Å²) in [6.07, 6.45) is 0. The van der Waals surface area contributed by atoms with Crippen LogP contribution >= 0.6 is 11.6 Å². The molecule has 4 nitrogen and oxygen atoms in total. The van der Waals surface area contributed by atoms with Crippen molar-refractivity contribution >= 4 is 17.6 Å². The first-order valence-corrected chi connectivity index (χ1v) is 5.42. The zero-order valence-electron chi connectivity index (χ0n) is 9.91. The minimum atomic E-state index is -0.241. The van der Waals surface area contributed by atoms with Crippen molar-refractivity contribution in [2.45, 2.75) is 33.1 Å². The molecule has 0 spiro atoms. The Labute approximate surface area is 95.6 Å². The molecule has 0 aliphatic heterocycles. The Bertz CT molecular complexity index is 317. The summed E-state index contributed by atoms with van der Waals surface area (Å²) in [6.45, 7) is 9.13. The molecule has 0 saturated carbocycles. The highest BCUT2D eigenvalue weighted by atomic mass is 35.5. The molecule has 1 atom stereocenters. The van der Waals surface area contributed by atoms with Crippen LogP contribution in [0.2, 0.25) is 0 Å². The summed E-state index contributed by atoms with van der Waals surface area (Å²) in [6, 6.07) is 0.521. The van der Waals surface area contributed by atoms with Crippen LogP contribution in [-0.4, -0.2) is 23.8 Å². The Morgan fingerprint density at radius 3 is 2.40 bits per heavy atom. The van der Waals surface area contributed by atoms with Crippen molar-refractivity contribution < 1.29 is 4.42 Å². The maximum atomic E-state index is 5.84. The van der Waals surface area contributed by atoms with E-state index in [4.69, 9.17) is 16.0 Å². The molecule has 0 aliphatic rings. The Morgan fingerprint density at radius 2 is 2.00 bits per heavy atom. The Kier molecular flexibility index (Phi) is 3.60. The van der Waals surface area contributed by atoms with Crippen molar-refractivity contribution in [3.63, 3.8) is 0 Å². The Balaban J connectivity index is 2.70. The lowest BCUT2D eigenvalue weighted by molar-refractivity contribution is 0.398. The maximum absolute atomic E-state index is 5.84. The predicted molar refractivity (Wildman–Crippen MR) is 61.3 cm³/mol. The fourth-order valence-electron chi connectivity index (χ4n) is 1.32. The second-order valence-corrected chi connectivity index (χ2v) is 5.61. The van der Waals surface area contributed by atoms with Gasteiger partial charge in [-0.2, -0.15) is 0 Å². The van der Waals surface area contributed by atoms with Crippen molar-refractivity contribution in [3.8, 4) is 0 Å². The Morgan fingerprint density at radius 1 is 1.40 bits per heavy atom. The zero-order chi connectivity index (χ0) is 11.6. The number of aromatic nitrogens is 2. The third-order valence-electron chi connectivity index (χ3n) is 1.81. The van der Waals surface area contributed by atoms with Gasteiger partial charge in [0.2, 0.25) is 5.89 Å².